The normalized spacial score (nSPS) is 17.2. The molecule has 0 unspecified atom stereocenters. The molecule has 2 aromatic rings. The van der Waals surface area contributed by atoms with Gasteiger partial charge in [-0.15, -0.1) is 0 Å². The van der Waals surface area contributed by atoms with Crippen molar-refractivity contribution in [3.05, 3.63) is 65.7 Å². The topological polar surface area (TPSA) is 49.8 Å². The molecule has 1 fully saturated rings. The summed E-state index contributed by atoms with van der Waals surface area (Å²) < 4.78 is 5.11. The number of Topliss-reactive ketones (excluding diaryl/α,β-unsaturated/α-hetero) is 1. The summed E-state index contributed by atoms with van der Waals surface area (Å²) in [5, 5.41) is 10.8. The van der Waals surface area contributed by atoms with Gasteiger partial charge in [-0.1, -0.05) is 30.3 Å². The number of aliphatic hydroxyl groups is 1. The fourth-order valence-corrected chi connectivity index (χ4v) is 3.32. The molecule has 2 aromatic carbocycles. The van der Waals surface area contributed by atoms with E-state index in [9.17, 15) is 9.90 Å². The third kappa shape index (κ3) is 4.68. The highest BCUT2D eigenvalue weighted by Crippen LogP contribution is 2.28. The summed E-state index contributed by atoms with van der Waals surface area (Å²) in [6.07, 6.45) is 1.43. The Labute approximate surface area is 149 Å². The molecule has 0 aliphatic carbocycles. The van der Waals surface area contributed by atoms with Gasteiger partial charge in [0, 0.05) is 31.6 Å². The number of carbonyl (C=O) groups excluding carboxylic acids is 1. The minimum Gasteiger partial charge on any atom is -0.497 e. The molecule has 0 radical (unpaired) electrons. The van der Waals surface area contributed by atoms with Gasteiger partial charge in [0.1, 0.15) is 5.75 Å². The van der Waals surface area contributed by atoms with Crippen LogP contribution in [0.25, 0.3) is 0 Å². The van der Waals surface area contributed by atoms with Crippen LogP contribution in [0.4, 0.5) is 0 Å². The van der Waals surface area contributed by atoms with Crippen molar-refractivity contribution in [2.45, 2.75) is 31.4 Å². The van der Waals surface area contributed by atoms with Crippen LogP contribution in [-0.2, 0) is 6.54 Å². The standard InChI is InChI=1S/C21H25NO3/c1-25-19-9-7-18(8-10-19)20(23)15-21(24)11-13-22(14-12-21)16-17-5-3-2-4-6-17/h2-10,24H,11-16H2,1H3. The van der Waals surface area contributed by atoms with Crippen molar-refractivity contribution in [3.8, 4) is 5.75 Å². The first-order valence-electron chi connectivity index (χ1n) is 8.74. The van der Waals surface area contributed by atoms with Crippen LogP contribution in [0, 0.1) is 0 Å². The number of methoxy groups -OCH3 is 1. The number of benzene rings is 2. The Hall–Kier alpha value is -2.17. The van der Waals surface area contributed by atoms with Crippen LogP contribution >= 0.6 is 0 Å². The number of hydrogen-bond donors (Lipinski definition) is 1. The molecule has 0 saturated carbocycles. The molecule has 3 rings (SSSR count). The molecule has 1 aliphatic rings. The second kappa shape index (κ2) is 7.81. The lowest BCUT2D eigenvalue weighted by Gasteiger charge is -2.38. The van der Waals surface area contributed by atoms with E-state index in [1.807, 2.05) is 18.2 Å². The number of likely N-dealkylation sites (tertiary alicyclic amines) is 1. The fraction of sp³-hybridized carbons (Fsp3) is 0.381. The van der Waals surface area contributed by atoms with Gasteiger partial charge in [-0.25, -0.2) is 0 Å². The zero-order valence-corrected chi connectivity index (χ0v) is 14.6. The van der Waals surface area contributed by atoms with Crippen molar-refractivity contribution in [2.24, 2.45) is 0 Å². The van der Waals surface area contributed by atoms with Crippen LogP contribution in [0.3, 0.4) is 0 Å². The van der Waals surface area contributed by atoms with Gasteiger partial charge in [0.2, 0.25) is 0 Å². The lowest BCUT2D eigenvalue weighted by Crippen LogP contribution is -2.45. The maximum atomic E-state index is 12.5. The second-order valence-electron chi connectivity index (χ2n) is 6.81. The Morgan fingerprint density at radius 2 is 1.72 bits per heavy atom. The lowest BCUT2D eigenvalue weighted by atomic mass is 9.85. The van der Waals surface area contributed by atoms with Gasteiger partial charge in [-0.3, -0.25) is 9.69 Å². The van der Waals surface area contributed by atoms with Gasteiger partial charge in [-0.2, -0.15) is 0 Å². The Bertz CT molecular complexity index is 689. The van der Waals surface area contributed by atoms with Crippen molar-refractivity contribution in [1.82, 2.24) is 4.90 Å². The van der Waals surface area contributed by atoms with E-state index in [0.717, 1.165) is 25.4 Å². The zero-order valence-electron chi connectivity index (χ0n) is 14.6. The summed E-state index contributed by atoms with van der Waals surface area (Å²) in [6, 6.07) is 17.4. The number of ether oxygens (including phenoxy) is 1. The monoisotopic (exact) mass is 339 g/mol. The maximum absolute atomic E-state index is 12.5. The van der Waals surface area contributed by atoms with Crippen LogP contribution in [0.1, 0.15) is 35.2 Å². The molecular formula is C21H25NO3. The molecule has 25 heavy (non-hydrogen) atoms. The molecule has 0 atom stereocenters. The fourth-order valence-electron chi connectivity index (χ4n) is 3.32. The highest BCUT2D eigenvalue weighted by atomic mass is 16.5. The molecule has 1 heterocycles. The highest BCUT2D eigenvalue weighted by Gasteiger charge is 2.34. The molecule has 0 aromatic heterocycles. The summed E-state index contributed by atoms with van der Waals surface area (Å²) in [7, 11) is 1.60. The quantitative estimate of drug-likeness (QED) is 0.821. The number of nitrogens with zero attached hydrogens (tertiary/aromatic N) is 1. The molecule has 1 saturated heterocycles. The van der Waals surface area contributed by atoms with Crippen LogP contribution in [0.2, 0.25) is 0 Å². The van der Waals surface area contributed by atoms with Gasteiger partial charge in [0.15, 0.2) is 5.78 Å². The SMILES string of the molecule is COc1ccc(C(=O)CC2(O)CCN(Cc3ccccc3)CC2)cc1. The smallest absolute Gasteiger partial charge is 0.165 e. The van der Waals surface area contributed by atoms with E-state index >= 15 is 0 Å². The molecule has 1 aliphatic heterocycles. The summed E-state index contributed by atoms with van der Waals surface area (Å²) in [5.41, 5.74) is 1.01. The number of ketones is 1. The molecule has 0 amide bonds. The molecule has 1 N–H and O–H groups in total. The van der Waals surface area contributed by atoms with Crippen LogP contribution in [-0.4, -0.2) is 41.6 Å². The van der Waals surface area contributed by atoms with Crippen molar-refractivity contribution >= 4 is 5.78 Å². The zero-order chi connectivity index (χ0) is 17.7. The van der Waals surface area contributed by atoms with Crippen LogP contribution in [0.5, 0.6) is 5.75 Å². The Kier molecular flexibility index (Phi) is 5.51. The van der Waals surface area contributed by atoms with Gasteiger partial charge in [-0.05, 0) is 42.7 Å². The minimum atomic E-state index is -0.899. The maximum Gasteiger partial charge on any atom is 0.165 e. The van der Waals surface area contributed by atoms with Crippen molar-refractivity contribution in [2.75, 3.05) is 20.2 Å². The highest BCUT2D eigenvalue weighted by molar-refractivity contribution is 5.96. The first-order valence-corrected chi connectivity index (χ1v) is 8.74. The van der Waals surface area contributed by atoms with Gasteiger partial charge in [0.05, 0.1) is 12.7 Å². The molecule has 4 heteroatoms. The molecule has 0 spiro atoms. The van der Waals surface area contributed by atoms with Gasteiger partial charge < -0.3 is 9.84 Å². The summed E-state index contributed by atoms with van der Waals surface area (Å²) >= 11 is 0. The van der Waals surface area contributed by atoms with Crippen molar-refractivity contribution in [3.63, 3.8) is 0 Å². The molecule has 0 bridgehead atoms. The predicted molar refractivity (Wildman–Crippen MR) is 97.8 cm³/mol. The third-order valence-corrected chi connectivity index (χ3v) is 4.94. The van der Waals surface area contributed by atoms with Crippen LogP contribution in [0.15, 0.2) is 54.6 Å². The first kappa shape index (κ1) is 17.6. The lowest BCUT2D eigenvalue weighted by molar-refractivity contribution is -0.0241. The number of carbonyl (C=O) groups is 1. The average molecular weight is 339 g/mol. The first-order chi connectivity index (χ1) is 12.1. The van der Waals surface area contributed by atoms with Crippen LogP contribution < -0.4 is 4.74 Å². The van der Waals surface area contributed by atoms with Crippen molar-refractivity contribution < 1.29 is 14.6 Å². The third-order valence-electron chi connectivity index (χ3n) is 4.94. The largest absolute Gasteiger partial charge is 0.497 e. The Balaban J connectivity index is 1.54. The Morgan fingerprint density at radius 1 is 1.08 bits per heavy atom. The summed E-state index contributed by atoms with van der Waals surface area (Å²) in [6.45, 7) is 2.51. The summed E-state index contributed by atoms with van der Waals surface area (Å²) in [5.74, 6) is 0.714. The van der Waals surface area contributed by atoms with E-state index in [1.54, 1.807) is 31.4 Å². The molecule has 4 nitrogen and oxygen atoms in total. The summed E-state index contributed by atoms with van der Waals surface area (Å²) in [4.78, 5) is 14.8. The second-order valence-corrected chi connectivity index (χ2v) is 6.81. The minimum absolute atomic E-state index is 0.0123. The van der Waals surface area contributed by atoms with E-state index in [1.165, 1.54) is 5.56 Å². The van der Waals surface area contributed by atoms with E-state index in [0.29, 0.717) is 18.4 Å². The van der Waals surface area contributed by atoms with E-state index in [-0.39, 0.29) is 12.2 Å². The van der Waals surface area contributed by atoms with E-state index in [4.69, 9.17) is 4.74 Å². The van der Waals surface area contributed by atoms with Crippen molar-refractivity contribution in [1.29, 1.82) is 0 Å². The number of rotatable bonds is 6. The van der Waals surface area contributed by atoms with E-state index in [2.05, 4.69) is 17.0 Å². The van der Waals surface area contributed by atoms with Gasteiger partial charge in [0.25, 0.3) is 0 Å². The number of piperidine rings is 1. The predicted octanol–water partition coefficient (Wildman–Crippen LogP) is 3.30. The van der Waals surface area contributed by atoms with E-state index < -0.39 is 5.60 Å². The molecular weight excluding hydrogens is 314 g/mol. The Morgan fingerprint density at radius 3 is 2.32 bits per heavy atom. The van der Waals surface area contributed by atoms with Gasteiger partial charge >= 0.3 is 0 Å². The average Bonchev–Trinajstić information content (AvgIpc) is 2.64. The molecule has 132 valence electrons. The number of hydrogen-bond acceptors (Lipinski definition) is 4.